The molecule has 4 aliphatic rings. The SMILES string of the molecule is COC(=O)C(C)Oc1c(Cl)ccc(P(=O)(C2CCCCC2)C2CCCCC2)c1-c1c(P(=O)(C2CCCCC2)C2CCCCC2)ccc(Cl)c1O. The van der Waals surface area contributed by atoms with Crippen molar-refractivity contribution in [1.82, 2.24) is 0 Å². The number of benzene rings is 2. The fourth-order valence-electron chi connectivity index (χ4n) is 9.92. The maximum Gasteiger partial charge on any atom is 0.346 e. The Morgan fingerprint density at radius 2 is 1.00 bits per heavy atom. The fourth-order valence-corrected chi connectivity index (χ4v) is 19.3. The summed E-state index contributed by atoms with van der Waals surface area (Å²) in [6, 6.07) is 7.19. The highest BCUT2D eigenvalue weighted by atomic mass is 35.5. The van der Waals surface area contributed by atoms with Crippen LogP contribution in [-0.4, -0.2) is 46.9 Å². The molecule has 1 atom stereocenters. The first kappa shape index (κ1) is 38.3. The number of carbonyl (C=O) groups is 1. The number of rotatable bonds is 10. The number of hydrogen-bond acceptors (Lipinski definition) is 6. The Hall–Kier alpha value is -1.45. The summed E-state index contributed by atoms with van der Waals surface area (Å²) in [5, 5.41) is 13.9. The van der Waals surface area contributed by atoms with Crippen molar-refractivity contribution in [2.24, 2.45) is 0 Å². The second-order valence-electron chi connectivity index (χ2n) is 15.4. The van der Waals surface area contributed by atoms with E-state index in [9.17, 15) is 9.90 Å². The molecule has 2 aromatic carbocycles. The van der Waals surface area contributed by atoms with Crippen LogP contribution in [0.1, 0.15) is 135 Å². The van der Waals surface area contributed by atoms with Crippen LogP contribution in [0.5, 0.6) is 11.5 Å². The van der Waals surface area contributed by atoms with Crippen molar-refractivity contribution in [1.29, 1.82) is 0 Å². The van der Waals surface area contributed by atoms with Gasteiger partial charge in [0.25, 0.3) is 0 Å². The van der Waals surface area contributed by atoms with Gasteiger partial charge >= 0.3 is 5.97 Å². The number of carbonyl (C=O) groups excluding carboxylic acids is 1. The molecule has 6 nitrogen and oxygen atoms in total. The zero-order valence-corrected chi connectivity index (χ0v) is 33.3. The van der Waals surface area contributed by atoms with Gasteiger partial charge in [-0.2, -0.15) is 0 Å². The Morgan fingerprint density at radius 1 is 0.640 bits per heavy atom. The lowest BCUT2D eigenvalue weighted by Crippen LogP contribution is -2.34. The minimum absolute atomic E-state index is 0.0110. The molecule has 50 heavy (non-hydrogen) atoms. The molecule has 1 N–H and O–H groups in total. The van der Waals surface area contributed by atoms with E-state index in [0.717, 1.165) is 128 Å². The lowest BCUT2D eigenvalue weighted by atomic mass is 9.99. The van der Waals surface area contributed by atoms with E-state index in [1.165, 1.54) is 7.11 Å². The van der Waals surface area contributed by atoms with Crippen molar-refractivity contribution in [2.45, 2.75) is 164 Å². The average molecular weight is 766 g/mol. The molecule has 2 aromatic rings. The third-order valence-corrected chi connectivity index (χ3v) is 21.8. The number of ether oxygens (including phenoxy) is 2. The van der Waals surface area contributed by atoms with Crippen molar-refractivity contribution < 1.29 is 28.5 Å². The van der Waals surface area contributed by atoms with E-state index >= 15 is 9.13 Å². The number of phenols is 1. The van der Waals surface area contributed by atoms with Gasteiger partial charge in [-0.15, -0.1) is 0 Å². The molecule has 276 valence electrons. The summed E-state index contributed by atoms with van der Waals surface area (Å²) >= 11 is 13.9. The number of esters is 1. The molecule has 4 fully saturated rings. The van der Waals surface area contributed by atoms with E-state index in [1.807, 2.05) is 12.1 Å². The summed E-state index contributed by atoms with van der Waals surface area (Å²) in [7, 11) is -5.11. The summed E-state index contributed by atoms with van der Waals surface area (Å²) in [4.78, 5) is 12.9. The van der Waals surface area contributed by atoms with E-state index in [4.69, 9.17) is 32.7 Å². The average Bonchev–Trinajstić information content (AvgIpc) is 3.17. The molecular formula is C40H56Cl2O6P2. The van der Waals surface area contributed by atoms with Crippen molar-refractivity contribution >= 4 is 54.1 Å². The molecule has 0 radical (unpaired) electrons. The van der Waals surface area contributed by atoms with Crippen molar-refractivity contribution in [3.8, 4) is 22.6 Å². The monoisotopic (exact) mass is 764 g/mol. The Kier molecular flexibility index (Phi) is 12.8. The maximum atomic E-state index is 16.4. The second-order valence-corrected chi connectivity index (χ2v) is 23.0. The number of aromatic hydroxyl groups is 1. The Labute approximate surface area is 309 Å². The van der Waals surface area contributed by atoms with Crippen LogP contribution in [0.15, 0.2) is 24.3 Å². The molecule has 0 spiro atoms. The van der Waals surface area contributed by atoms with Crippen LogP contribution < -0.4 is 15.3 Å². The van der Waals surface area contributed by atoms with Gasteiger partial charge in [-0.05, 0) is 82.6 Å². The summed E-state index contributed by atoms with van der Waals surface area (Å²) < 4.78 is 44.3. The normalized spacial score (nSPS) is 21.5. The highest BCUT2D eigenvalue weighted by molar-refractivity contribution is 7.74. The first-order valence-corrected chi connectivity index (χ1v) is 23.9. The van der Waals surface area contributed by atoms with Crippen molar-refractivity contribution in [3.63, 3.8) is 0 Å². The fraction of sp³-hybridized carbons (Fsp3) is 0.675. The van der Waals surface area contributed by atoms with Crippen LogP contribution in [0.25, 0.3) is 11.1 Å². The summed E-state index contributed by atoms with van der Waals surface area (Å²) in [6.45, 7) is 1.61. The topological polar surface area (TPSA) is 89.9 Å². The van der Waals surface area contributed by atoms with Crippen LogP contribution in [0.3, 0.4) is 0 Å². The highest BCUT2D eigenvalue weighted by Crippen LogP contribution is 2.67. The number of halogens is 2. The predicted molar refractivity (Wildman–Crippen MR) is 208 cm³/mol. The molecule has 0 heterocycles. The Balaban J connectivity index is 1.69. The smallest absolute Gasteiger partial charge is 0.346 e. The first-order valence-electron chi connectivity index (χ1n) is 19.4. The second kappa shape index (κ2) is 16.7. The molecule has 6 rings (SSSR count). The number of hydrogen-bond donors (Lipinski definition) is 1. The largest absolute Gasteiger partial charge is 0.506 e. The summed E-state index contributed by atoms with van der Waals surface area (Å²) in [6.07, 6.45) is 18.7. The third-order valence-electron chi connectivity index (χ3n) is 12.5. The lowest BCUT2D eigenvalue weighted by Gasteiger charge is -2.41. The van der Waals surface area contributed by atoms with Crippen LogP contribution in [0.4, 0.5) is 0 Å². The predicted octanol–water partition coefficient (Wildman–Crippen LogP) is 11.6. The van der Waals surface area contributed by atoms with Crippen LogP contribution in [-0.2, 0) is 18.7 Å². The lowest BCUT2D eigenvalue weighted by molar-refractivity contribution is -0.147. The molecule has 4 saturated carbocycles. The highest BCUT2D eigenvalue weighted by Gasteiger charge is 2.48. The van der Waals surface area contributed by atoms with Gasteiger partial charge < -0.3 is 23.7 Å². The standard InChI is InChI=1S/C40H56Cl2O6P2/c1-27(40(44)47-2)48-39-33(42)24-26-35(50(46,30-19-11-5-12-20-30)31-21-13-6-14-22-31)37(39)36-34(25-23-32(41)38(36)43)49(45,28-15-7-3-8-16-28)29-17-9-4-10-18-29/h23-31,43H,3-22H2,1-2H3. The Morgan fingerprint density at radius 3 is 1.38 bits per heavy atom. The van der Waals surface area contributed by atoms with Crippen LogP contribution in [0.2, 0.25) is 10.0 Å². The van der Waals surface area contributed by atoms with Gasteiger partial charge in [0.2, 0.25) is 0 Å². The first-order chi connectivity index (χ1) is 24.1. The van der Waals surface area contributed by atoms with Gasteiger partial charge in [-0.3, -0.25) is 0 Å². The minimum Gasteiger partial charge on any atom is -0.506 e. The van der Waals surface area contributed by atoms with Gasteiger partial charge in [0.05, 0.1) is 17.2 Å². The Bertz CT molecular complexity index is 1560. The molecule has 0 aliphatic heterocycles. The molecule has 0 bridgehead atoms. The molecule has 0 amide bonds. The van der Waals surface area contributed by atoms with Gasteiger partial charge in [-0.25, -0.2) is 4.79 Å². The molecule has 0 saturated heterocycles. The maximum absolute atomic E-state index is 16.4. The van der Waals surface area contributed by atoms with E-state index < -0.39 is 26.4 Å². The zero-order valence-electron chi connectivity index (χ0n) is 30.0. The van der Waals surface area contributed by atoms with Gasteiger partial charge in [0, 0.05) is 44.4 Å². The molecule has 10 heteroatoms. The molecular weight excluding hydrogens is 709 g/mol. The third kappa shape index (κ3) is 7.36. The van der Waals surface area contributed by atoms with Gasteiger partial charge in [0.15, 0.2) is 6.10 Å². The van der Waals surface area contributed by atoms with Crippen LogP contribution >= 0.6 is 37.5 Å². The van der Waals surface area contributed by atoms with E-state index in [1.54, 1.807) is 19.1 Å². The van der Waals surface area contributed by atoms with Gasteiger partial charge in [0.1, 0.15) is 25.8 Å². The quantitative estimate of drug-likeness (QED) is 0.191. The van der Waals surface area contributed by atoms with E-state index in [-0.39, 0.29) is 44.2 Å². The molecule has 1 unspecified atom stereocenters. The van der Waals surface area contributed by atoms with E-state index in [0.29, 0.717) is 21.7 Å². The van der Waals surface area contributed by atoms with Gasteiger partial charge in [-0.1, -0.05) is 100 Å². The molecule has 0 aromatic heterocycles. The number of phenolic OH excluding ortho intramolecular Hbond substituents is 1. The van der Waals surface area contributed by atoms with Crippen LogP contribution in [0, 0.1) is 0 Å². The summed E-state index contributed by atoms with van der Waals surface area (Å²) in [5.74, 6) is -0.591. The minimum atomic E-state index is -3.22. The van der Waals surface area contributed by atoms with E-state index in [2.05, 4.69) is 0 Å². The van der Waals surface area contributed by atoms with Crippen molar-refractivity contribution in [2.75, 3.05) is 7.11 Å². The number of methoxy groups -OCH3 is 1. The van der Waals surface area contributed by atoms with Crippen molar-refractivity contribution in [3.05, 3.63) is 34.3 Å². The molecule has 4 aliphatic carbocycles. The zero-order chi connectivity index (χ0) is 35.5. The summed E-state index contributed by atoms with van der Waals surface area (Å²) in [5.41, 5.74) is 0.700.